The van der Waals surface area contributed by atoms with E-state index in [2.05, 4.69) is 22.0 Å². The molecule has 2 heterocycles. The fraction of sp³-hybridized carbons (Fsp3) is 0.391. The lowest BCUT2D eigenvalue weighted by atomic mass is 9.90. The summed E-state index contributed by atoms with van der Waals surface area (Å²) < 4.78 is 18.5. The number of β-lactam (4-membered cyclic amide) rings is 1. The van der Waals surface area contributed by atoms with Gasteiger partial charge in [-0.1, -0.05) is 28.1 Å². The number of carbonyl (C=O) groups excluding carboxylic acids is 1. The number of amides is 1. The molecule has 2 aromatic rings. The molecule has 0 unspecified atom stereocenters. The van der Waals surface area contributed by atoms with E-state index in [1.54, 1.807) is 18.2 Å². The molecule has 0 aliphatic carbocycles. The SMILES string of the molecule is CCOc1cc(C#N)ccc1O[C@@H]1C(=O)N(C[C@H]2CCCO2)[C@H]1c1cccc(Br)c1. The summed E-state index contributed by atoms with van der Waals surface area (Å²) >= 11 is 3.52. The Labute approximate surface area is 184 Å². The molecule has 2 aromatic carbocycles. The van der Waals surface area contributed by atoms with Crippen molar-refractivity contribution in [2.24, 2.45) is 0 Å². The molecule has 3 atom stereocenters. The number of carbonyl (C=O) groups is 1. The number of likely N-dealkylation sites (tertiary alicyclic amines) is 1. The van der Waals surface area contributed by atoms with Gasteiger partial charge in [0.15, 0.2) is 11.5 Å². The van der Waals surface area contributed by atoms with Crippen molar-refractivity contribution >= 4 is 21.8 Å². The number of ether oxygens (including phenoxy) is 3. The van der Waals surface area contributed by atoms with Gasteiger partial charge >= 0.3 is 0 Å². The summed E-state index contributed by atoms with van der Waals surface area (Å²) in [6, 6.07) is 14.8. The largest absolute Gasteiger partial charge is 0.490 e. The van der Waals surface area contributed by atoms with Crippen molar-refractivity contribution in [1.82, 2.24) is 4.90 Å². The Kier molecular flexibility index (Phi) is 6.26. The van der Waals surface area contributed by atoms with E-state index >= 15 is 0 Å². The smallest absolute Gasteiger partial charge is 0.266 e. The van der Waals surface area contributed by atoms with Crippen LogP contribution in [0.5, 0.6) is 11.5 Å². The van der Waals surface area contributed by atoms with Gasteiger partial charge in [0.25, 0.3) is 5.91 Å². The number of rotatable bonds is 7. The van der Waals surface area contributed by atoms with Gasteiger partial charge in [-0.3, -0.25) is 4.79 Å². The summed E-state index contributed by atoms with van der Waals surface area (Å²) in [6.07, 6.45) is 1.40. The number of hydrogen-bond donors (Lipinski definition) is 0. The predicted octanol–water partition coefficient (Wildman–Crippen LogP) is 4.23. The Morgan fingerprint density at radius 1 is 1.27 bits per heavy atom. The Morgan fingerprint density at radius 3 is 2.83 bits per heavy atom. The molecule has 0 bridgehead atoms. The molecular weight excluding hydrogens is 448 g/mol. The van der Waals surface area contributed by atoms with Crippen LogP contribution in [0.3, 0.4) is 0 Å². The van der Waals surface area contributed by atoms with Crippen molar-refractivity contribution in [3.63, 3.8) is 0 Å². The molecule has 7 heteroatoms. The zero-order valence-electron chi connectivity index (χ0n) is 16.7. The zero-order valence-corrected chi connectivity index (χ0v) is 18.3. The summed E-state index contributed by atoms with van der Waals surface area (Å²) in [5.41, 5.74) is 1.48. The highest BCUT2D eigenvalue weighted by molar-refractivity contribution is 9.10. The first kappa shape index (κ1) is 20.7. The van der Waals surface area contributed by atoms with Crippen LogP contribution < -0.4 is 9.47 Å². The molecule has 0 spiro atoms. The van der Waals surface area contributed by atoms with E-state index in [0.717, 1.165) is 29.5 Å². The number of nitrogens with zero attached hydrogens (tertiary/aromatic N) is 2. The Hall–Kier alpha value is -2.56. The lowest BCUT2D eigenvalue weighted by Gasteiger charge is -2.47. The minimum atomic E-state index is -0.659. The van der Waals surface area contributed by atoms with Crippen LogP contribution in [-0.4, -0.2) is 42.8 Å². The third-order valence-electron chi connectivity index (χ3n) is 5.39. The van der Waals surface area contributed by atoms with E-state index in [1.807, 2.05) is 36.1 Å². The zero-order chi connectivity index (χ0) is 21.1. The molecule has 0 saturated carbocycles. The van der Waals surface area contributed by atoms with E-state index in [9.17, 15) is 4.79 Å². The quantitative estimate of drug-likeness (QED) is 0.566. The minimum absolute atomic E-state index is 0.0673. The molecule has 6 nitrogen and oxygen atoms in total. The van der Waals surface area contributed by atoms with E-state index in [1.165, 1.54) is 0 Å². The van der Waals surface area contributed by atoms with Gasteiger partial charge in [0.2, 0.25) is 6.10 Å². The normalized spacial score (nSPS) is 23.0. The lowest BCUT2D eigenvalue weighted by molar-refractivity contribution is -0.167. The molecule has 1 amide bonds. The molecule has 0 aromatic heterocycles. The third kappa shape index (κ3) is 4.16. The molecule has 4 rings (SSSR count). The highest BCUT2D eigenvalue weighted by Crippen LogP contribution is 2.41. The molecule has 2 fully saturated rings. The van der Waals surface area contributed by atoms with E-state index < -0.39 is 6.10 Å². The standard InChI is InChI=1S/C23H23BrN2O4/c1-2-28-20-11-15(13-25)8-9-19(20)30-22-21(16-5-3-6-17(24)12-16)26(23(22)27)14-18-7-4-10-29-18/h3,5-6,8-9,11-12,18,21-22H,2,4,7,10,14H2,1H3/t18-,21+,22+/m1/s1. The average Bonchev–Trinajstić information content (AvgIpc) is 3.27. The minimum Gasteiger partial charge on any atom is -0.490 e. The number of halogens is 1. The van der Waals surface area contributed by atoms with Crippen molar-refractivity contribution in [1.29, 1.82) is 5.26 Å². The van der Waals surface area contributed by atoms with Crippen molar-refractivity contribution in [3.8, 4) is 17.6 Å². The molecule has 2 saturated heterocycles. The van der Waals surface area contributed by atoms with Crippen LogP contribution >= 0.6 is 15.9 Å². The monoisotopic (exact) mass is 470 g/mol. The molecule has 2 aliphatic heterocycles. The van der Waals surface area contributed by atoms with Crippen molar-refractivity contribution in [3.05, 3.63) is 58.1 Å². The van der Waals surface area contributed by atoms with Crippen LogP contribution in [0.4, 0.5) is 0 Å². The third-order valence-corrected chi connectivity index (χ3v) is 5.88. The second kappa shape index (κ2) is 9.07. The summed E-state index contributed by atoms with van der Waals surface area (Å²) in [4.78, 5) is 14.9. The van der Waals surface area contributed by atoms with Crippen molar-refractivity contribution in [2.45, 2.75) is 38.0 Å². The van der Waals surface area contributed by atoms with Crippen LogP contribution in [0.2, 0.25) is 0 Å². The average molecular weight is 471 g/mol. The highest BCUT2D eigenvalue weighted by Gasteiger charge is 2.51. The Balaban J connectivity index is 1.61. The maximum absolute atomic E-state index is 13.1. The topological polar surface area (TPSA) is 71.8 Å². The summed E-state index contributed by atoms with van der Waals surface area (Å²) in [6.45, 7) is 3.60. The second-order valence-corrected chi connectivity index (χ2v) is 8.29. The maximum atomic E-state index is 13.1. The van der Waals surface area contributed by atoms with Gasteiger partial charge in [0.1, 0.15) is 6.04 Å². The van der Waals surface area contributed by atoms with Gasteiger partial charge < -0.3 is 19.1 Å². The number of hydrogen-bond acceptors (Lipinski definition) is 5. The van der Waals surface area contributed by atoms with Crippen LogP contribution in [0, 0.1) is 11.3 Å². The predicted molar refractivity (Wildman–Crippen MR) is 114 cm³/mol. The van der Waals surface area contributed by atoms with Gasteiger partial charge in [0.05, 0.1) is 24.3 Å². The maximum Gasteiger partial charge on any atom is 0.266 e. The summed E-state index contributed by atoms with van der Waals surface area (Å²) in [5, 5.41) is 9.17. The highest BCUT2D eigenvalue weighted by atomic mass is 79.9. The Bertz CT molecular complexity index is 968. The second-order valence-electron chi connectivity index (χ2n) is 7.37. The van der Waals surface area contributed by atoms with Gasteiger partial charge in [-0.05, 0) is 49.6 Å². The van der Waals surface area contributed by atoms with Crippen LogP contribution in [0.25, 0.3) is 0 Å². The first-order chi connectivity index (χ1) is 14.6. The number of nitriles is 1. The fourth-order valence-corrected chi connectivity index (χ4v) is 4.39. The van der Waals surface area contributed by atoms with Crippen molar-refractivity contribution < 1.29 is 19.0 Å². The van der Waals surface area contributed by atoms with Gasteiger partial charge in [-0.15, -0.1) is 0 Å². The first-order valence-electron chi connectivity index (χ1n) is 10.1. The van der Waals surface area contributed by atoms with E-state index in [4.69, 9.17) is 19.5 Å². The first-order valence-corrected chi connectivity index (χ1v) is 10.9. The molecule has 156 valence electrons. The van der Waals surface area contributed by atoms with E-state index in [0.29, 0.717) is 30.2 Å². The van der Waals surface area contributed by atoms with Gasteiger partial charge in [-0.25, -0.2) is 0 Å². The molecule has 2 aliphatic rings. The number of benzene rings is 2. The van der Waals surface area contributed by atoms with Gasteiger partial charge in [-0.2, -0.15) is 5.26 Å². The van der Waals surface area contributed by atoms with Crippen LogP contribution in [-0.2, 0) is 9.53 Å². The summed E-state index contributed by atoms with van der Waals surface area (Å²) in [7, 11) is 0. The molecule has 0 N–H and O–H groups in total. The lowest BCUT2D eigenvalue weighted by Crippen LogP contribution is -2.62. The van der Waals surface area contributed by atoms with Crippen molar-refractivity contribution in [2.75, 3.05) is 19.8 Å². The molecule has 30 heavy (non-hydrogen) atoms. The van der Waals surface area contributed by atoms with Gasteiger partial charge in [0, 0.05) is 23.7 Å². The Morgan fingerprint density at radius 2 is 2.13 bits per heavy atom. The van der Waals surface area contributed by atoms with E-state index in [-0.39, 0.29) is 18.1 Å². The molecule has 0 radical (unpaired) electrons. The summed E-state index contributed by atoms with van der Waals surface area (Å²) in [5.74, 6) is 0.864. The molecular formula is C23H23BrN2O4. The van der Waals surface area contributed by atoms with Crippen LogP contribution in [0.15, 0.2) is 46.9 Å². The fourth-order valence-electron chi connectivity index (χ4n) is 3.97. The van der Waals surface area contributed by atoms with Crippen LogP contribution in [0.1, 0.15) is 36.9 Å².